The first-order chi connectivity index (χ1) is 13.1. The zero-order valence-electron chi connectivity index (χ0n) is 14.9. The third-order valence-electron chi connectivity index (χ3n) is 4.94. The third-order valence-corrected chi connectivity index (χ3v) is 6.44. The number of hydrogen-bond acceptors (Lipinski definition) is 4. The molecule has 0 unspecified atom stereocenters. The molecule has 0 spiro atoms. The lowest BCUT2D eigenvalue weighted by Gasteiger charge is -2.42. The number of anilines is 1. The number of benzene rings is 2. The van der Waals surface area contributed by atoms with E-state index in [1.807, 2.05) is 24.3 Å². The summed E-state index contributed by atoms with van der Waals surface area (Å²) in [4.78, 5) is 16.8. The maximum Gasteiger partial charge on any atom is 0.229 e. The van der Waals surface area contributed by atoms with Crippen LogP contribution >= 0.6 is 23.4 Å². The molecular weight excluding hydrogens is 378 g/mol. The van der Waals surface area contributed by atoms with E-state index in [2.05, 4.69) is 36.1 Å². The number of rotatable bonds is 2. The summed E-state index contributed by atoms with van der Waals surface area (Å²) in [6.45, 7) is 2.52. The fourth-order valence-corrected chi connectivity index (χ4v) is 5.01. The number of carbonyl (C=O) groups is 1. The van der Waals surface area contributed by atoms with Crippen molar-refractivity contribution >= 4 is 35.0 Å². The molecule has 2 heterocycles. The minimum absolute atomic E-state index is 0.0266. The first-order valence-electron chi connectivity index (χ1n) is 8.72. The minimum Gasteiger partial charge on any atom is -0.344 e. The first kappa shape index (κ1) is 18.0. The quantitative estimate of drug-likeness (QED) is 0.727. The number of fused-ring (bicyclic) bond motifs is 1. The van der Waals surface area contributed by atoms with Crippen molar-refractivity contribution in [1.82, 2.24) is 4.90 Å². The van der Waals surface area contributed by atoms with Crippen LogP contribution in [0.3, 0.4) is 0 Å². The van der Waals surface area contributed by atoms with Gasteiger partial charge in [-0.1, -0.05) is 53.7 Å². The van der Waals surface area contributed by atoms with Gasteiger partial charge in [-0.3, -0.25) is 9.69 Å². The average molecular weight is 396 g/mol. The number of thioether (sulfide) groups is 1. The van der Waals surface area contributed by atoms with Gasteiger partial charge in [0.05, 0.1) is 29.2 Å². The number of hydrogen-bond donors (Lipinski definition) is 0. The van der Waals surface area contributed by atoms with E-state index in [1.54, 1.807) is 22.7 Å². The first-order valence-corrected chi connectivity index (χ1v) is 10.1. The van der Waals surface area contributed by atoms with Crippen molar-refractivity contribution < 1.29 is 4.79 Å². The molecule has 4 nitrogen and oxygen atoms in total. The second kappa shape index (κ2) is 7.30. The second-order valence-corrected chi connectivity index (χ2v) is 8.07. The van der Waals surface area contributed by atoms with Crippen LogP contribution in [0.25, 0.3) is 0 Å². The largest absolute Gasteiger partial charge is 0.344 e. The van der Waals surface area contributed by atoms with E-state index in [1.165, 1.54) is 5.56 Å². The van der Waals surface area contributed by atoms with Gasteiger partial charge >= 0.3 is 0 Å². The molecule has 1 atom stereocenters. The van der Waals surface area contributed by atoms with Crippen molar-refractivity contribution in [2.45, 2.75) is 19.3 Å². The minimum atomic E-state index is -0.277. The van der Waals surface area contributed by atoms with Crippen LogP contribution in [0.1, 0.15) is 23.5 Å². The molecule has 0 aromatic heterocycles. The molecule has 136 valence electrons. The van der Waals surface area contributed by atoms with Crippen LogP contribution in [-0.2, 0) is 4.79 Å². The Morgan fingerprint density at radius 1 is 1.22 bits per heavy atom. The van der Waals surface area contributed by atoms with Gasteiger partial charge in [-0.05, 0) is 36.2 Å². The lowest BCUT2D eigenvalue weighted by atomic mass is 9.86. The summed E-state index contributed by atoms with van der Waals surface area (Å²) >= 11 is 7.89. The number of amides is 1. The van der Waals surface area contributed by atoms with Gasteiger partial charge in [-0.15, -0.1) is 0 Å². The summed E-state index contributed by atoms with van der Waals surface area (Å²) < 4.78 is 0. The molecule has 1 saturated heterocycles. The molecule has 27 heavy (non-hydrogen) atoms. The van der Waals surface area contributed by atoms with Gasteiger partial charge in [-0.25, -0.2) is 0 Å². The number of nitriles is 1. The molecule has 0 aliphatic carbocycles. The summed E-state index contributed by atoms with van der Waals surface area (Å²) in [5.74, 6) is 0.447. The van der Waals surface area contributed by atoms with Gasteiger partial charge < -0.3 is 4.90 Å². The molecule has 6 heteroatoms. The Labute approximate surface area is 168 Å². The Morgan fingerprint density at radius 3 is 2.78 bits per heavy atom. The van der Waals surface area contributed by atoms with Crippen molar-refractivity contribution in [3.8, 4) is 6.07 Å². The lowest BCUT2D eigenvalue weighted by Crippen LogP contribution is -2.47. The van der Waals surface area contributed by atoms with E-state index in [0.717, 1.165) is 16.3 Å². The molecule has 0 radical (unpaired) electrons. The second-order valence-electron chi connectivity index (χ2n) is 6.72. The third kappa shape index (κ3) is 3.31. The van der Waals surface area contributed by atoms with Crippen LogP contribution in [0.4, 0.5) is 5.69 Å². The highest BCUT2D eigenvalue weighted by atomic mass is 35.5. The summed E-state index contributed by atoms with van der Waals surface area (Å²) in [5.41, 5.74) is 3.75. The SMILES string of the molecule is Cc1cccc(N2CSC3=C(C#N)[C@@H](c4ccccc4Cl)CC(=O)N3C2)c1. The van der Waals surface area contributed by atoms with E-state index in [-0.39, 0.29) is 18.2 Å². The van der Waals surface area contributed by atoms with Crippen LogP contribution in [0.5, 0.6) is 0 Å². The molecule has 1 amide bonds. The van der Waals surface area contributed by atoms with Gasteiger partial charge in [0.2, 0.25) is 5.91 Å². The van der Waals surface area contributed by atoms with Gasteiger partial charge in [0.15, 0.2) is 0 Å². The van der Waals surface area contributed by atoms with Crippen molar-refractivity contribution in [3.63, 3.8) is 0 Å². The van der Waals surface area contributed by atoms with Gasteiger partial charge in [0, 0.05) is 23.0 Å². The lowest BCUT2D eigenvalue weighted by molar-refractivity contribution is -0.129. The van der Waals surface area contributed by atoms with Crippen molar-refractivity contribution in [3.05, 3.63) is 75.3 Å². The maximum absolute atomic E-state index is 12.9. The van der Waals surface area contributed by atoms with Crippen LogP contribution in [-0.4, -0.2) is 23.4 Å². The zero-order valence-corrected chi connectivity index (χ0v) is 16.4. The average Bonchev–Trinajstić information content (AvgIpc) is 2.68. The molecule has 1 fully saturated rings. The molecule has 0 N–H and O–H groups in total. The molecule has 0 bridgehead atoms. The summed E-state index contributed by atoms with van der Waals surface area (Å²) in [6, 6.07) is 18.1. The number of allylic oxidation sites excluding steroid dienone is 1. The fourth-order valence-electron chi connectivity index (χ4n) is 3.57. The smallest absolute Gasteiger partial charge is 0.229 e. The van der Waals surface area contributed by atoms with Crippen LogP contribution < -0.4 is 4.90 Å². The molecule has 0 saturated carbocycles. The van der Waals surface area contributed by atoms with Crippen LogP contribution in [0.15, 0.2) is 59.1 Å². The van der Waals surface area contributed by atoms with Gasteiger partial charge in [-0.2, -0.15) is 5.26 Å². The fraction of sp³-hybridized carbons (Fsp3) is 0.238. The Kier molecular flexibility index (Phi) is 4.86. The standard InChI is InChI=1S/C21H18ClN3OS/c1-14-5-4-6-15(9-14)24-12-25-20(26)10-17(16-7-2-3-8-19(16)22)18(11-23)21(25)27-13-24/h2-9,17H,10,12-13H2,1H3/t17-/m1/s1. The van der Waals surface area contributed by atoms with E-state index in [9.17, 15) is 10.1 Å². The van der Waals surface area contributed by atoms with Crippen LogP contribution in [0, 0.1) is 18.3 Å². The number of nitrogens with zero attached hydrogens (tertiary/aromatic N) is 3. The summed E-state index contributed by atoms with van der Waals surface area (Å²) in [5, 5.41) is 11.2. The Balaban J connectivity index is 1.69. The molecular formula is C21H18ClN3OS. The molecule has 2 aromatic carbocycles. The Morgan fingerprint density at radius 2 is 2.04 bits per heavy atom. The van der Waals surface area contributed by atoms with E-state index in [0.29, 0.717) is 23.1 Å². The summed E-state index contributed by atoms with van der Waals surface area (Å²) in [7, 11) is 0. The van der Waals surface area contributed by atoms with E-state index < -0.39 is 0 Å². The molecule has 2 aliphatic rings. The monoisotopic (exact) mass is 395 g/mol. The van der Waals surface area contributed by atoms with Crippen molar-refractivity contribution in [1.29, 1.82) is 5.26 Å². The summed E-state index contributed by atoms with van der Waals surface area (Å²) in [6.07, 6.45) is 0.262. The van der Waals surface area contributed by atoms with Crippen molar-refractivity contribution in [2.24, 2.45) is 0 Å². The predicted molar refractivity (Wildman–Crippen MR) is 109 cm³/mol. The zero-order chi connectivity index (χ0) is 19.0. The Hall–Kier alpha value is -2.42. The van der Waals surface area contributed by atoms with E-state index in [4.69, 9.17) is 11.6 Å². The van der Waals surface area contributed by atoms with Crippen LogP contribution in [0.2, 0.25) is 5.02 Å². The number of carbonyl (C=O) groups excluding carboxylic acids is 1. The highest BCUT2D eigenvalue weighted by Crippen LogP contribution is 2.44. The molecule has 4 rings (SSSR count). The topological polar surface area (TPSA) is 47.3 Å². The highest BCUT2D eigenvalue weighted by molar-refractivity contribution is 8.03. The molecule has 2 aromatic rings. The van der Waals surface area contributed by atoms with Gasteiger partial charge in [0.25, 0.3) is 0 Å². The Bertz CT molecular complexity index is 981. The molecule has 2 aliphatic heterocycles. The number of halogens is 1. The van der Waals surface area contributed by atoms with Crippen molar-refractivity contribution in [2.75, 3.05) is 17.4 Å². The maximum atomic E-state index is 12.9. The highest BCUT2D eigenvalue weighted by Gasteiger charge is 2.38. The normalized spacial score (nSPS) is 19.7. The van der Waals surface area contributed by atoms with E-state index >= 15 is 0 Å². The number of aryl methyl sites for hydroxylation is 1. The predicted octanol–water partition coefficient (Wildman–Crippen LogP) is 4.87. The van der Waals surface area contributed by atoms with Gasteiger partial charge in [0.1, 0.15) is 0 Å².